The summed E-state index contributed by atoms with van der Waals surface area (Å²) in [4.78, 5) is 8.50. The predicted octanol–water partition coefficient (Wildman–Crippen LogP) is 1.34. The van der Waals surface area contributed by atoms with Crippen LogP contribution < -0.4 is 5.73 Å². The fourth-order valence-corrected chi connectivity index (χ4v) is 1.23. The van der Waals surface area contributed by atoms with E-state index in [-0.39, 0.29) is 6.04 Å². The molecule has 14 heavy (non-hydrogen) atoms. The van der Waals surface area contributed by atoms with Gasteiger partial charge < -0.3 is 10.5 Å². The van der Waals surface area contributed by atoms with E-state index < -0.39 is 0 Å². The van der Waals surface area contributed by atoms with Crippen LogP contribution in [0.15, 0.2) is 6.20 Å². The highest BCUT2D eigenvalue weighted by molar-refractivity contribution is 5.19. The summed E-state index contributed by atoms with van der Waals surface area (Å²) in [6.45, 7) is 6.96. The van der Waals surface area contributed by atoms with Crippen LogP contribution in [0.3, 0.4) is 0 Å². The lowest BCUT2D eigenvalue weighted by Gasteiger charge is -2.09. The Morgan fingerprint density at radius 3 is 2.79 bits per heavy atom. The maximum absolute atomic E-state index is 5.75. The number of nitrogens with two attached hydrogens (primary N) is 1. The molecule has 2 N–H and O–H groups in total. The number of hydrogen-bond acceptors (Lipinski definition) is 4. The Hall–Kier alpha value is -1.00. The number of rotatable bonds is 4. The lowest BCUT2D eigenvalue weighted by atomic mass is 10.1. The zero-order chi connectivity index (χ0) is 10.6. The van der Waals surface area contributed by atoms with Gasteiger partial charge in [-0.05, 0) is 20.8 Å². The summed E-state index contributed by atoms with van der Waals surface area (Å²) in [5.41, 5.74) is 7.68. The molecule has 0 spiro atoms. The second-order valence-corrected chi connectivity index (χ2v) is 3.25. The molecule has 1 aromatic rings. The van der Waals surface area contributed by atoms with Gasteiger partial charge in [-0.2, -0.15) is 0 Å². The minimum absolute atomic E-state index is 0.0175. The molecule has 0 aliphatic rings. The quantitative estimate of drug-likeness (QED) is 0.787. The Labute approximate surface area is 84.5 Å². The van der Waals surface area contributed by atoms with Gasteiger partial charge in [0.25, 0.3) is 0 Å². The van der Waals surface area contributed by atoms with E-state index >= 15 is 0 Å². The monoisotopic (exact) mass is 195 g/mol. The molecule has 1 rings (SSSR count). The third-order valence-electron chi connectivity index (χ3n) is 1.99. The van der Waals surface area contributed by atoms with Crippen molar-refractivity contribution in [1.82, 2.24) is 9.97 Å². The van der Waals surface area contributed by atoms with Crippen LogP contribution in [-0.4, -0.2) is 16.6 Å². The van der Waals surface area contributed by atoms with E-state index in [1.165, 1.54) is 0 Å². The summed E-state index contributed by atoms with van der Waals surface area (Å²) in [6, 6.07) is -0.0175. The molecule has 0 amide bonds. The van der Waals surface area contributed by atoms with Crippen molar-refractivity contribution < 1.29 is 4.74 Å². The van der Waals surface area contributed by atoms with Crippen LogP contribution in [0.25, 0.3) is 0 Å². The van der Waals surface area contributed by atoms with Crippen molar-refractivity contribution >= 4 is 0 Å². The van der Waals surface area contributed by atoms with Crippen molar-refractivity contribution in [1.29, 1.82) is 0 Å². The molecule has 1 heterocycles. The highest BCUT2D eigenvalue weighted by Gasteiger charge is 2.06. The van der Waals surface area contributed by atoms with Gasteiger partial charge in [0.05, 0.1) is 0 Å². The maximum atomic E-state index is 5.75. The number of aryl methyl sites for hydroxylation is 1. The molecule has 0 unspecified atom stereocenters. The van der Waals surface area contributed by atoms with E-state index in [9.17, 15) is 0 Å². The third-order valence-corrected chi connectivity index (χ3v) is 1.99. The van der Waals surface area contributed by atoms with E-state index in [1.807, 2.05) is 20.8 Å². The summed E-state index contributed by atoms with van der Waals surface area (Å²) < 4.78 is 5.22. The first-order chi connectivity index (χ1) is 6.65. The van der Waals surface area contributed by atoms with Crippen LogP contribution in [0.2, 0.25) is 0 Å². The van der Waals surface area contributed by atoms with E-state index in [0.29, 0.717) is 19.0 Å². The van der Waals surface area contributed by atoms with Crippen molar-refractivity contribution in [3.8, 4) is 0 Å². The highest BCUT2D eigenvalue weighted by atomic mass is 16.5. The largest absolute Gasteiger partial charge is 0.374 e. The molecule has 0 aliphatic heterocycles. The molecule has 0 bridgehead atoms. The van der Waals surface area contributed by atoms with E-state index in [4.69, 9.17) is 10.5 Å². The van der Waals surface area contributed by atoms with Gasteiger partial charge in [0.2, 0.25) is 0 Å². The van der Waals surface area contributed by atoms with Crippen LogP contribution in [-0.2, 0) is 11.3 Å². The van der Waals surface area contributed by atoms with Gasteiger partial charge in [0.1, 0.15) is 6.61 Å². The topological polar surface area (TPSA) is 61.0 Å². The van der Waals surface area contributed by atoms with E-state index in [1.54, 1.807) is 6.20 Å². The van der Waals surface area contributed by atoms with Gasteiger partial charge in [-0.3, -0.25) is 0 Å². The molecule has 0 aromatic carbocycles. The number of ether oxygens (including phenoxy) is 1. The summed E-state index contributed by atoms with van der Waals surface area (Å²) in [5.74, 6) is 0.716. The van der Waals surface area contributed by atoms with Gasteiger partial charge in [0.15, 0.2) is 5.82 Å². The van der Waals surface area contributed by atoms with Gasteiger partial charge in [-0.25, -0.2) is 9.97 Å². The zero-order valence-electron chi connectivity index (χ0n) is 8.95. The van der Waals surface area contributed by atoms with Crippen LogP contribution in [0.5, 0.6) is 0 Å². The normalized spacial score (nSPS) is 12.9. The van der Waals surface area contributed by atoms with Crippen LogP contribution in [0.1, 0.15) is 37.0 Å². The zero-order valence-corrected chi connectivity index (χ0v) is 8.95. The first-order valence-electron chi connectivity index (χ1n) is 4.81. The molecule has 0 fully saturated rings. The lowest BCUT2D eigenvalue weighted by molar-refractivity contribution is 0.128. The van der Waals surface area contributed by atoms with E-state index in [2.05, 4.69) is 9.97 Å². The smallest absolute Gasteiger partial charge is 0.154 e. The molecular weight excluding hydrogens is 178 g/mol. The molecular formula is C10H17N3O. The number of aromatic nitrogens is 2. The Morgan fingerprint density at radius 2 is 2.29 bits per heavy atom. The summed E-state index contributed by atoms with van der Waals surface area (Å²) in [5, 5.41) is 0. The second kappa shape index (κ2) is 5.02. The maximum Gasteiger partial charge on any atom is 0.154 e. The summed E-state index contributed by atoms with van der Waals surface area (Å²) in [7, 11) is 0. The standard InChI is InChI=1S/C10H17N3O/c1-4-14-6-10-12-5-9(7(2)11)8(3)13-10/h5,7H,4,6,11H2,1-3H3/t7-/m0/s1. The average molecular weight is 195 g/mol. The highest BCUT2D eigenvalue weighted by Crippen LogP contribution is 2.11. The Morgan fingerprint density at radius 1 is 1.57 bits per heavy atom. The lowest BCUT2D eigenvalue weighted by Crippen LogP contribution is -2.10. The Bertz CT molecular complexity index is 299. The van der Waals surface area contributed by atoms with Crippen LogP contribution >= 0.6 is 0 Å². The fraction of sp³-hybridized carbons (Fsp3) is 0.600. The van der Waals surface area contributed by atoms with Crippen molar-refractivity contribution in [2.75, 3.05) is 6.61 Å². The molecule has 1 atom stereocenters. The molecule has 1 aromatic heterocycles. The first kappa shape index (κ1) is 11.1. The van der Waals surface area contributed by atoms with Crippen molar-refractivity contribution in [2.24, 2.45) is 5.73 Å². The molecule has 0 saturated heterocycles. The Balaban J connectivity index is 2.78. The third kappa shape index (κ3) is 2.75. The molecule has 0 aliphatic carbocycles. The summed E-state index contributed by atoms with van der Waals surface area (Å²) >= 11 is 0. The van der Waals surface area contributed by atoms with Crippen LogP contribution in [0, 0.1) is 6.92 Å². The molecule has 4 nitrogen and oxygen atoms in total. The summed E-state index contributed by atoms with van der Waals surface area (Å²) in [6.07, 6.45) is 1.78. The average Bonchev–Trinajstić information content (AvgIpc) is 2.14. The van der Waals surface area contributed by atoms with Crippen molar-refractivity contribution in [3.05, 3.63) is 23.3 Å². The minimum atomic E-state index is -0.0175. The van der Waals surface area contributed by atoms with Gasteiger partial charge in [0, 0.05) is 30.1 Å². The van der Waals surface area contributed by atoms with Crippen molar-refractivity contribution in [2.45, 2.75) is 33.4 Å². The van der Waals surface area contributed by atoms with Gasteiger partial charge in [-0.1, -0.05) is 0 Å². The SMILES string of the molecule is CCOCc1ncc([C@H](C)N)c(C)n1. The molecule has 4 heteroatoms. The van der Waals surface area contributed by atoms with Gasteiger partial charge >= 0.3 is 0 Å². The van der Waals surface area contributed by atoms with Gasteiger partial charge in [-0.15, -0.1) is 0 Å². The molecule has 0 radical (unpaired) electrons. The molecule has 0 saturated carbocycles. The fourth-order valence-electron chi connectivity index (χ4n) is 1.23. The number of nitrogens with zero attached hydrogens (tertiary/aromatic N) is 2. The first-order valence-corrected chi connectivity index (χ1v) is 4.81. The predicted molar refractivity (Wildman–Crippen MR) is 54.7 cm³/mol. The van der Waals surface area contributed by atoms with E-state index in [0.717, 1.165) is 11.3 Å². The second-order valence-electron chi connectivity index (χ2n) is 3.25. The number of hydrogen-bond donors (Lipinski definition) is 1. The molecule has 78 valence electrons. The Kier molecular flexibility index (Phi) is 3.98. The van der Waals surface area contributed by atoms with Crippen LogP contribution in [0.4, 0.5) is 0 Å². The minimum Gasteiger partial charge on any atom is -0.374 e. The van der Waals surface area contributed by atoms with Crippen molar-refractivity contribution in [3.63, 3.8) is 0 Å².